The average Bonchev–Trinajstić information content (AvgIpc) is 2.24. The third kappa shape index (κ3) is 6.28. The van der Waals surface area contributed by atoms with E-state index in [4.69, 9.17) is 23.2 Å². The lowest BCUT2D eigenvalue weighted by atomic mass is 10.2. The zero-order chi connectivity index (χ0) is 11.6. The van der Waals surface area contributed by atoms with Crippen LogP contribution in [0.5, 0.6) is 0 Å². The molecule has 2 nitrogen and oxygen atoms in total. The molecular weight excluding hydrogens is 219 g/mol. The van der Waals surface area contributed by atoms with Gasteiger partial charge in [-0.1, -0.05) is 46.2 Å². The minimum Gasteiger partial charge on any atom is -0.337 e. The number of alkyl halides is 1. The molecule has 0 aromatic heterocycles. The topological polar surface area (TPSA) is 24.4 Å². The van der Waals surface area contributed by atoms with Gasteiger partial charge in [0.05, 0.1) is 0 Å². The van der Waals surface area contributed by atoms with E-state index >= 15 is 0 Å². The second-order valence-electron chi connectivity index (χ2n) is 1.97. The van der Waals surface area contributed by atoms with E-state index in [0.717, 1.165) is 12.0 Å². The molecule has 0 aliphatic carbocycles. The van der Waals surface area contributed by atoms with Crippen molar-refractivity contribution in [1.29, 1.82) is 0 Å². The van der Waals surface area contributed by atoms with Gasteiger partial charge in [-0.25, -0.2) is 4.99 Å². The number of nitrogens with zero attached hydrogens (tertiary/aromatic N) is 1. The third-order valence-corrected chi connectivity index (χ3v) is 1.90. The minimum absolute atomic E-state index is 0.279. The van der Waals surface area contributed by atoms with Crippen LogP contribution in [0.15, 0.2) is 16.8 Å². The van der Waals surface area contributed by atoms with E-state index in [1.165, 1.54) is 0 Å². The summed E-state index contributed by atoms with van der Waals surface area (Å²) in [6.45, 7) is 10.0. The zero-order valence-electron chi connectivity index (χ0n) is 9.56. The van der Waals surface area contributed by atoms with E-state index in [9.17, 15) is 0 Å². The fourth-order valence-corrected chi connectivity index (χ4v) is 1.23. The molecular formula is C10H20Cl2N2. The summed E-state index contributed by atoms with van der Waals surface area (Å²) in [5.74, 6) is 0. The van der Waals surface area contributed by atoms with Crippen molar-refractivity contribution < 1.29 is 0 Å². The molecule has 4 heteroatoms. The van der Waals surface area contributed by atoms with Gasteiger partial charge in [-0.15, -0.1) is 0 Å². The molecule has 0 saturated carbocycles. The molecule has 0 spiro atoms. The molecule has 0 aromatic rings. The lowest BCUT2D eigenvalue weighted by Crippen LogP contribution is -2.20. The number of nitrogens with one attached hydrogen (secondary N) is 1. The molecule has 0 fully saturated rings. The van der Waals surface area contributed by atoms with E-state index < -0.39 is 0 Å². The highest BCUT2D eigenvalue weighted by Crippen LogP contribution is 2.17. The van der Waals surface area contributed by atoms with Crippen molar-refractivity contribution >= 4 is 28.5 Å². The summed E-state index contributed by atoms with van der Waals surface area (Å²) in [5, 5.41) is 3.14. The van der Waals surface area contributed by atoms with Gasteiger partial charge in [0.25, 0.3) is 0 Å². The first kappa shape index (κ1) is 16.2. The summed E-state index contributed by atoms with van der Waals surface area (Å²) in [6, 6.07) is 0. The molecule has 1 heterocycles. The van der Waals surface area contributed by atoms with E-state index in [0.29, 0.717) is 5.29 Å². The fraction of sp³-hybridized carbons (Fsp3) is 0.700. The van der Waals surface area contributed by atoms with Gasteiger partial charge < -0.3 is 5.32 Å². The van der Waals surface area contributed by atoms with Gasteiger partial charge in [-0.2, -0.15) is 0 Å². The first-order chi connectivity index (χ1) is 6.74. The monoisotopic (exact) mass is 238 g/mol. The van der Waals surface area contributed by atoms with E-state index in [1.54, 1.807) is 6.20 Å². The van der Waals surface area contributed by atoms with Crippen LogP contribution in [0.1, 0.15) is 41.0 Å². The number of rotatable bonds is 1. The summed E-state index contributed by atoms with van der Waals surface area (Å²) < 4.78 is 0. The molecule has 1 aliphatic heterocycles. The first-order valence-corrected chi connectivity index (χ1v) is 5.88. The fourth-order valence-electron chi connectivity index (χ4n) is 0.711. The number of halogens is 2. The van der Waals surface area contributed by atoms with Crippen LogP contribution in [0.2, 0.25) is 0 Å². The predicted molar refractivity (Wildman–Crippen MR) is 67.1 cm³/mol. The Bertz CT molecular complexity index is 189. The van der Waals surface area contributed by atoms with Gasteiger partial charge in [0, 0.05) is 6.20 Å². The lowest BCUT2D eigenvalue weighted by molar-refractivity contribution is 0.905. The highest BCUT2D eigenvalue weighted by atomic mass is 35.5. The number of amidine groups is 1. The Morgan fingerprint density at radius 3 is 2.21 bits per heavy atom. The average molecular weight is 239 g/mol. The van der Waals surface area contributed by atoms with Crippen LogP contribution in [-0.4, -0.2) is 10.8 Å². The smallest absolute Gasteiger partial charge is 0.197 e. The molecule has 0 aromatic carbocycles. The first-order valence-electron chi connectivity index (χ1n) is 5.07. The summed E-state index contributed by atoms with van der Waals surface area (Å²) in [4.78, 5) is 3.90. The molecule has 0 bridgehead atoms. The third-order valence-electron chi connectivity index (χ3n) is 1.32. The SMILES string of the molecule is CC.CC.CCC1=CNC(Cl)=NC1Cl. The van der Waals surface area contributed by atoms with Gasteiger partial charge in [0.1, 0.15) is 5.50 Å². The van der Waals surface area contributed by atoms with Crippen molar-refractivity contribution in [2.24, 2.45) is 4.99 Å². The summed E-state index contributed by atoms with van der Waals surface area (Å²) in [5.41, 5.74) is 0.782. The molecule has 14 heavy (non-hydrogen) atoms. The molecule has 1 N–H and O–H groups in total. The molecule has 1 rings (SSSR count). The van der Waals surface area contributed by atoms with Gasteiger partial charge >= 0.3 is 0 Å². The molecule has 1 unspecified atom stereocenters. The van der Waals surface area contributed by atoms with E-state index in [1.807, 2.05) is 34.6 Å². The number of aliphatic imine (C=N–C) groups is 1. The zero-order valence-corrected chi connectivity index (χ0v) is 11.1. The summed E-state index contributed by atoms with van der Waals surface area (Å²) in [6.07, 6.45) is 2.70. The minimum atomic E-state index is -0.279. The summed E-state index contributed by atoms with van der Waals surface area (Å²) in [7, 11) is 0. The van der Waals surface area contributed by atoms with Crippen LogP contribution in [0.4, 0.5) is 0 Å². The molecule has 0 radical (unpaired) electrons. The van der Waals surface area contributed by atoms with Crippen molar-refractivity contribution in [2.45, 2.75) is 46.5 Å². The van der Waals surface area contributed by atoms with Gasteiger partial charge in [-0.05, 0) is 23.6 Å². The number of hydrogen-bond donors (Lipinski definition) is 1. The Balaban J connectivity index is 0. The Morgan fingerprint density at radius 2 is 1.86 bits per heavy atom. The largest absolute Gasteiger partial charge is 0.337 e. The van der Waals surface area contributed by atoms with Crippen LogP contribution >= 0.6 is 23.2 Å². The Kier molecular flexibility index (Phi) is 12.6. The maximum absolute atomic E-state index is 5.80. The molecule has 1 aliphatic rings. The van der Waals surface area contributed by atoms with Gasteiger partial charge in [0.15, 0.2) is 5.29 Å². The van der Waals surface area contributed by atoms with E-state index in [2.05, 4.69) is 10.3 Å². The van der Waals surface area contributed by atoms with Crippen LogP contribution in [0, 0.1) is 0 Å². The predicted octanol–water partition coefficient (Wildman–Crippen LogP) is 4.10. The van der Waals surface area contributed by atoms with Crippen molar-refractivity contribution in [3.63, 3.8) is 0 Å². The van der Waals surface area contributed by atoms with Crippen molar-refractivity contribution in [3.05, 3.63) is 11.8 Å². The second kappa shape index (κ2) is 10.9. The van der Waals surface area contributed by atoms with Crippen molar-refractivity contribution in [1.82, 2.24) is 5.32 Å². The standard InChI is InChI=1S/C6H8Cl2N2.2C2H6/c1-2-4-3-9-6(8)10-5(4)7;2*1-2/h3,5H,2H2,1H3,(H,9,10);2*1-2H3. The van der Waals surface area contributed by atoms with Crippen LogP contribution in [-0.2, 0) is 0 Å². The molecule has 84 valence electrons. The lowest BCUT2D eigenvalue weighted by Gasteiger charge is -2.13. The maximum atomic E-state index is 5.80. The van der Waals surface area contributed by atoms with Crippen molar-refractivity contribution in [3.8, 4) is 0 Å². The second-order valence-corrected chi connectivity index (χ2v) is 2.74. The molecule has 1 atom stereocenters. The van der Waals surface area contributed by atoms with Crippen molar-refractivity contribution in [2.75, 3.05) is 0 Å². The highest BCUT2D eigenvalue weighted by Gasteiger charge is 2.12. The highest BCUT2D eigenvalue weighted by molar-refractivity contribution is 6.65. The maximum Gasteiger partial charge on any atom is 0.197 e. The quantitative estimate of drug-likeness (QED) is 0.540. The van der Waals surface area contributed by atoms with Crippen LogP contribution in [0.25, 0.3) is 0 Å². The molecule has 0 amide bonds. The van der Waals surface area contributed by atoms with Gasteiger partial charge in [-0.3, -0.25) is 0 Å². The Hall–Kier alpha value is -0.210. The van der Waals surface area contributed by atoms with E-state index in [-0.39, 0.29) is 5.50 Å². The normalized spacial score (nSPS) is 18.6. The van der Waals surface area contributed by atoms with Gasteiger partial charge in [0.2, 0.25) is 0 Å². The van der Waals surface area contributed by atoms with Crippen LogP contribution in [0.3, 0.4) is 0 Å². The summed E-state index contributed by atoms with van der Waals surface area (Å²) >= 11 is 11.3. The number of hydrogen-bond acceptors (Lipinski definition) is 2. The molecule has 0 saturated heterocycles. The Labute approximate surface area is 97.4 Å². The Morgan fingerprint density at radius 1 is 1.36 bits per heavy atom. The van der Waals surface area contributed by atoms with Crippen LogP contribution < -0.4 is 5.32 Å².